The monoisotopic (exact) mass is 416 g/mol. The molecule has 144 valence electrons. The smallest absolute Gasteiger partial charge is 0.230 e. The summed E-state index contributed by atoms with van der Waals surface area (Å²) in [7, 11) is 0. The van der Waals surface area contributed by atoms with Crippen molar-refractivity contribution in [3.63, 3.8) is 0 Å². The van der Waals surface area contributed by atoms with Gasteiger partial charge in [-0.2, -0.15) is 0 Å². The van der Waals surface area contributed by atoms with Crippen LogP contribution in [0.2, 0.25) is 0 Å². The number of rotatable bonds is 8. The largest absolute Gasteiger partial charge is 0.374 e. The van der Waals surface area contributed by atoms with E-state index in [1.54, 1.807) is 0 Å². The Labute approximate surface area is 170 Å². The quantitative estimate of drug-likeness (QED) is 0.609. The van der Waals surface area contributed by atoms with Gasteiger partial charge in [-0.25, -0.2) is 0 Å². The fourth-order valence-electron chi connectivity index (χ4n) is 2.91. The van der Waals surface area contributed by atoms with E-state index in [0.29, 0.717) is 34.9 Å². The SMILES string of the molecule is C=C(/C=C\C)SCC(=O)NC[C@H]1CN(CC2C=C(Cl)C(Cl)=CC2)CCO1. The number of hydrogen-bond acceptors (Lipinski definition) is 4. The van der Waals surface area contributed by atoms with Crippen molar-refractivity contribution in [3.8, 4) is 0 Å². The van der Waals surface area contributed by atoms with Crippen molar-refractivity contribution in [1.82, 2.24) is 10.2 Å². The number of nitrogens with zero attached hydrogens (tertiary/aromatic N) is 1. The maximum Gasteiger partial charge on any atom is 0.230 e. The Bertz CT molecular complexity index is 604. The molecule has 0 bridgehead atoms. The highest BCUT2D eigenvalue weighted by Crippen LogP contribution is 2.29. The molecule has 0 aromatic rings. The third-order valence-electron chi connectivity index (χ3n) is 4.19. The number of carbonyl (C=O) groups excluding carboxylic acids is 1. The normalized spacial score (nSPS) is 24.3. The van der Waals surface area contributed by atoms with Gasteiger partial charge in [-0.05, 0) is 19.3 Å². The van der Waals surface area contributed by atoms with Gasteiger partial charge in [0.15, 0.2) is 0 Å². The summed E-state index contributed by atoms with van der Waals surface area (Å²) in [5.41, 5.74) is 0. The molecule has 0 spiro atoms. The summed E-state index contributed by atoms with van der Waals surface area (Å²) in [6.45, 7) is 9.63. The van der Waals surface area contributed by atoms with Crippen LogP contribution in [0, 0.1) is 5.92 Å². The van der Waals surface area contributed by atoms with Gasteiger partial charge in [-0.1, -0.05) is 54.1 Å². The van der Waals surface area contributed by atoms with E-state index < -0.39 is 0 Å². The second kappa shape index (κ2) is 11.2. The lowest BCUT2D eigenvalue weighted by Gasteiger charge is -2.35. The number of nitrogens with one attached hydrogen (secondary N) is 1. The van der Waals surface area contributed by atoms with Gasteiger partial charge in [-0.15, -0.1) is 11.8 Å². The molecule has 1 aliphatic carbocycles. The molecule has 1 saturated heterocycles. The molecule has 0 aromatic heterocycles. The number of allylic oxidation sites excluding steroid dienone is 5. The van der Waals surface area contributed by atoms with Crippen LogP contribution in [0.15, 0.2) is 45.9 Å². The molecule has 2 aliphatic rings. The lowest BCUT2D eigenvalue weighted by Crippen LogP contribution is -2.48. The molecule has 0 radical (unpaired) electrons. The fourth-order valence-corrected chi connectivity index (χ4v) is 3.96. The Balaban J connectivity index is 1.70. The van der Waals surface area contributed by atoms with Crippen molar-refractivity contribution < 1.29 is 9.53 Å². The summed E-state index contributed by atoms with van der Waals surface area (Å²) in [6.07, 6.45) is 8.74. The van der Waals surface area contributed by atoms with Gasteiger partial charge in [0.25, 0.3) is 0 Å². The van der Waals surface area contributed by atoms with E-state index in [1.807, 2.05) is 31.2 Å². The second-order valence-corrected chi connectivity index (χ2v) is 8.29. The number of hydrogen-bond donors (Lipinski definition) is 1. The first-order chi connectivity index (χ1) is 12.5. The number of morpholine rings is 1. The van der Waals surface area contributed by atoms with Gasteiger partial charge in [0.05, 0.1) is 28.5 Å². The average Bonchev–Trinajstić information content (AvgIpc) is 2.62. The molecular formula is C19H26Cl2N2O2S. The summed E-state index contributed by atoms with van der Waals surface area (Å²) in [5, 5.41) is 4.23. The number of thioether (sulfide) groups is 1. The van der Waals surface area contributed by atoms with Crippen LogP contribution in [-0.2, 0) is 9.53 Å². The van der Waals surface area contributed by atoms with E-state index >= 15 is 0 Å². The Kier molecular flexibility index (Phi) is 9.29. The standard InChI is InChI=1S/C19H26Cl2N2O2S/c1-3-4-14(2)26-13-19(24)22-10-16-12-23(7-8-25-16)11-15-5-6-17(20)18(21)9-15/h3-4,6,9,15-16H,2,5,7-8,10-13H2,1H3,(H,22,24)/b4-3-/t15?,16-/m0/s1. The molecule has 7 heteroatoms. The highest BCUT2D eigenvalue weighted by molar-refractivity contribution is 8.03. The Morgan fingerprint density at radius 2 is 2.31 bits per heavy atom. The van der Waals surface area contributed by atoms with E-state index in [9.17, 15) is 4.79 Å². The topological polar surface area (TPSA) is 41.6 Å². The first kappa shape index (κ1) is 21.6. The molecule has 1 unspecified atom stereocenters. The summed E-state index contributed by atoms with van der Waals surface area (Å²) < 4.78 is 5.78. The molecule has 1 heterocycles. The van der Waals surface area contributed by atoms with Crippen molar-refractivity contribution in [2.45, 2.75) is 19.4 Å². The molecule has 0 saturated carbocycles. The number of halogens is 2. The van der Waals surface area contributed by atoms with E-state index in [1.165, 1.54) is 11.8 Å². The molecule has 2 atom stereocenters. The first-order valence-electron chi connectivity index (χ1n) is 8.76. The zero-order valence-corrected chi connectivity index (χ0v) is 17.4. The molecule has 2 rings (SSSR count). The van der Waals surface area contributed by atoms with Crippen LogP contribution in [0.1, 0.15) is 13.3 Å². The lowest BCUT2D eigenvalue weighted by atomic mass is 9.99. The molecule has 26 heavy (non-hydrogen) atoms. The fraction of sp³-hybridized carbons (Fsp3) is 0.526. The van der Waals surface area contributed by atoms with Gasteiger partial charge < -0.3 is 10.1 Å². The average molecular weight is 417 g/mol. The van der Waals surface area contributed by atoms with E-state index in [2.05, 4.69) is 16.8 Å². The molecule has 1 aliphatic heterocycles. The van der Waals surface area contributed by atoms with Gasteiger partial charge in [0.1, 0.15) is 0 Å². The predicted molar refractivity (Wildman–Crippen MR) is 112 cm³/mol. The summed E-state index contributed by atoms with van der Waals surface area (Å²) in [6, 6.07) is 0. The molecule has 0 aromatic carbocycles. The number of carbonyl (C=O) groups is 1. The van der Waals surface area contributed by atoms with Crippen LogP contribution in [0.25, 0.3) is 0 Å². The molecular weight excluding hydrogens is 391 g/mol. The summed E-state index contributed by atoms with van der Waals surface area (Å²) in [4.78, 5) is 15.2. The van der Waals surface area contributed by atoms with Gasteiger partial charge in [0, 0.05) is 31.1 Å². The van der Waals surface area contributed by atoms with Crippen LogP contribution >= 0.6 is 35.0 Å². The third-order valence-corrected chi connectivity index (χ3v) is 5.89. The zero-order chi connectivity index (χ0) is 18.9. The lowest BCUT2D eigenvalue weighted by molar-refractivity contribution is -0.119. The van der Waals surface area contributed by atoms with E-state index in [-0.39, 0.29) is 12.0 Å². The zero-order valence-electron chi connectivity index (χ0n) is 15.0. The second-order valence-electron chi connectivity index (χ2n) is 6.37. The van der Waals surface area contributed by atoms with Crippen molar-refractivity contribution in [2.24, 2.45) is 5.92 Å². The molecule has 1 amide bonds. The van der Waals surface area contributed by atoms with Crippen LogP contribution < -0.4 is 5.32 Å². The minimum absolute atomic E-state index is 0.00292. The highest BCUT2D eigenvalue weighted by atomic mass is 35.5. The number of ether oxygens (including phenoxy) is 1. The summed E-state index contributed by atoms with van der Waals surface area (Å²) >= 11 is 13.6. The van der Waals surface area contributed by atoms with Crippen LogP contribution in [-0.4, -0.2) is 55.4 Å². The highest BCUT2D eigenvalue weighted by Gasteiger charge is 2.24. The Morgan fingerprint density at radius 1 is 1.50 bits per heavy atom. The van der Waals surface area contributed by atoms with Crippen molar-refractivity contribution in [3.05, 3.63) is 45.9 Å². The van der Waals surface area contributed by atoms with Crippen molar-refractivity contribution in [2.75, 3.05) is 38.5 Å². The van der Waals surface area contributed by atoms with Crippen molar-refractivity contribution in [1.29, 1.82) is 0 Å². The Hall–Kier alpha value is -0.720. The predicted octanol–water partition coefficient (Wildman–Crippen LogP) is 3.89. The van der Waals surface area contributed by atoms with E-state index in [4.69, 9.17) is 27.9 Å². The maximum absolute atomic E-state index is 12.0. The minimum atomic E-state index is 0.00292. The van der Waals surface area contributed by atoms with E-state index in [0.717, 1.165) is 31.0 Å². The van der Waals surface area contributed by atoms with Crippen molar-refractivity contribution >= 4 is 40.9 Å². The minimum Gasteiger partial charge on any atom is -0.374 e. The van der Waals surface area contributed by atoms with Crippen LogP contribution in [0.3, 0.4) is 0 Å². The van der Waals surface area contributed by atoms with Gasteiger partial charge in [0.2, 0.25) is 5.91 Å². The van der Waals surface area contributed by atoms with Crippen LogP contribution in [0.5, 0.6) is 0 Å². The molecule has 4 nitrogen and oxygen atoms in total. The van der Waals surface area contributed by atoms with Gasteiger partial charge in [-0.3, -0.25) is 9.69 Å². The molecule has 1 N–H and O–H groups in total. The Morgan fingerprint density at radius 3 is 3.04 bits per heavy atom. The van der Waals surface area contributed by atoms with Crippen LogP contribution in [0.4, 0.5) is 0 Å². The third kappa shape index (κ3) is 7.49. The molecule has 1 fully saturated rings. The summed E-state index contributed by atoms with van der Waals surface area (Å²) in [5.74, 6) is 0.744. The maximum atomic E-state index is 12.0. The first-order valence-corrected chi connectivity index (χ1v) is 10.5. The number of amides is 1. The van der Waals surface area contributed by atoms with Gasteiger partial charge >= 0.3 is 0 Å².